The van der Waals surface area contributed by atoms with Crippen LogP contribution in [0, 0.1) is 10.1 Å². The van der Waals surface area contributed by atoms with Gasteiger partial charge in [0.15, 0.2) is 0 Å². The van der Waals surface area contributed by atoms with Crippen LogP contribution in [0.25, 0.3) is 0 Å². The zero-order valence-electron chi connectivity index (χ0n) is 7.52. The summed E-state index contributed by atoms with van der Waals surface area (Å²) in [5.41, 5.74) is 0. The van der Waals surface area contributed by atoms with Gasteiger partial charge >= 0.3 is 0 Å². The summed E-state index contributed by atoms with van der Waals surface area (Å²) in [5, 5.41) is 14.2. The quantitative estimate of drug-likeness (QED) is 0.575. The van der Waals surface area contributed by atoms with Crippen LogP contribution in [0.3, 0.4) is 0 Å². The maximum Gasteiger partial charge on any atom is 0.299 e. The van der Waals surface area contributed by atoms with Gasteiger partial charge in [-0.15, -0.1) is 15.2 Å². The van der Waals surface area contributed by atoms with Crippen LogP contribution in [0.1, 0.15) is 0 Å². The van der Waals surface area contributed by atoms with Gasteiger partial charge in [-0.05, 0) is 23.7 Å². The molecule has 0 saturated carbocycles. The predicted octanol–water partition coefficient (Wildman–Crippen LogP) is 1.80. The van der Waals surface area contributed by atoms with E-state index in [1.54, 1.807) is 24.4 Å². The Morgan fingerprint density at radius 3 is 2.47 bits per heavy atom. The van der Waals surface area contributed by atoms with Crippen LogP contribution in [0.15, 0.2) is 41.9 Å². The van der Waals surface area contributed by atoms with Crippen LogP contribution in [0.5, 0.6) is 5.75 Å². The van der Waals surface area contributed by atoms with Crippen molar-refractivity contribution >= 4 is 11.5 Å². The molecule has 0 unspecified atom stereocenters. The van der Waals surface area contributed by atoms with Crippen LogP contribution in [0.4, 0.5) is 0 Å². The molecule has 7 heteroatoms. The van der Waals surface area contributed by atoms with Gasteiger partial charge in [-0.1, -0.05) is 22.7 Å². The van der Waals surface area contributed by atoms with Gasteiger partial charge < -0.3 is 0 Å². The summed E-state index contributed by atoms with van der Waals surface area (Å²) in [4.78, 5) is 13.9. The molecule has 6 nitrogen and oxygen atoms in total. The monoisotopic (exact) mass is 225 g/mol. The zero-order chi connectivity index (χ0) is 10.9. The first-order chi connectivity index (χ1) is 7.29. The number of nitrogens with zero attached hydrogens (tertiary/aromatic N) is 3. The second-order valence-electron chi connectivity index (χ2n) is 2.22. The van der Waals surface area contributed by atoms with E-state index in [0.29, 0.717) is 0 Å². The molecule has 1 aromatic carbocycles. The molecule has 0 radical (unpaired) electrons. The fourth-order valence-corrected chi connectivity index (χ4v) is 0.976. The Morgan fingerprint density at radius 1 is 1.33 bits per heavy atom. The third-order valence-electron chi connectivity index (χ3n) is 1.21. The third kappa shape index (κ3) is 5.32. The topological polar surface area (TPSA) is 78.2 Å². The lowest BCUT2D eigenvalue weighted by Crippen LogP contribution is -2.02. The number of hydrogen-bond donors (Lipinski definition) is 0. The molecule has 0 aliphatic carbocycles. The van der Waals surface area contributed by atoms with E-state index in [1.807, 2.05) is 5.38 Å². The highest BCUT2D eigenvalue weighted by molar-refractivity contribution is 7.03. The third-order valence-corrected chi connectivity index (χ3v) is 1.64. The van der Waals surface area contributed by atoms with Crippen molar-refractivity contribution in [2.45, 2.75) is 0 Å². The van der Waals surface area contributed by atoms with Crippen LogP contribution in [-0.4, -0.2) is 14.7 Å². The second-order valence-corrected chi connectivity index (χ2v) is 2.86. The minimum Gasteiger partial charge on any atom is -0.276 e. The van der Waals surface area contributed by atoms with Crippen molar-refractivity contribution in [3.63, 3.8) is 0 Å². The Labute approximate surface area is 89.4 Å². The molecule has 0 spiro atoms. The van der Waals surface area contributed by atoms with Crippen molar-refractivity contribution in [3.05, 3.63) is 52.0 Å². The predicted molar refractivity (Wildman–Crippen MR) is 54.0 cm³/mol. The lowest BCUT2D eigenvalue weighted by Gasteiger charge is -1.93. The normalized spacial score (nSPS) is 8.53. The summed E-state index contributed by atoms with van der Waals surface area (Å²) in [5.74, 6) is 0.243. The van der Waals surface area contributed by atoms with Gasteiger partial charge in [0.1, 0.15) is 5.75 Å². The van der Waals surface area contributed by atoms with Gasteiger partial charge in [0, 0.05) is 5.38 Å². The first kappa shape index (κ1) is 11.1. The Morgan fingerprint density at radius 2 is 2.07 bits per heavy atom. The molecule has 15 heavy (non-hydrogen) atoms. The van der Waals surface area contributed by atoms with E-state index in [-0.39, 0.29) is 5.75 Å². The molecular weight excluding hydrogens is 218 g/mol. The summed E-state index contributed by atoms with van der Waals surface area (Å²) in [6.45, 7) is 0. The smallest absolute Gasteiger partial charge is 0.276 e. The van der Waals surface area contributed by atoms with Crippen molar-refractivity contribution in [3.8, 4) is 5.75 Å². The summed E-state index contributed by atoms with van der Waals surface area (Å²) < 4.78 is 3.51. The number of para-hydroxylation sites is 1. The number of benzene rings is 1. The highest BCUT2D eigenvalue weighted by Crippen LogP contribution is 2.07. The average molecular weight is 225 g/mol. The molecule has 2 aromatic rings. The van der Waals surface area contributed by atoms with Crippen LogP contribution >= 0.6 is 11.5 Å². The SMILES string of the molecule is O=[N+]([O-])Oc1ccccc1.c1csnn1. The highest BCUT2D eigenvalue weighted by Gasteiger charge is 1.94. The largest absolute Gasteiger partial charge is 0.299 e. The lowest BCUT2D eigenvalue weighted by atomic mass is 10.3. The molecule has 0 aliphatic rings. The van der Waals surface area contributed by atoms with Gasteiger partial charge in [-0.3, -0.25) is 4.84 Å². The Balaban J connectivity index is 0.000000187. The molecule has 78 valence electrons. The van der Waals surface area contributed by atoms with Gasteiger partial charge in [-0.2, -0.15) is 0 Å². The second kappa shape index (κ2) is 6.44. The van der Waals surface area contributed by atoms with Crippen molar-refractivity contribution in [1.82, 2.24) is 9.59 Å². The summed E-state index contributed by atoms with van der Waals surface area (Å²) in [7, 11) is 0. The van der Waals surface area contributed by atoms with Gasteiger partial charge in [0.25, 0.3) is 5.09 Å². The first-order valence-corrected chi connectivity index (χ1v) is 4.71. The standard InChI is InChI=1S/C6H5NO3.C2H2N2S/c8-7(9)10-6-4-2-1-3-5-6;1-2-5-4-3-1/h1-5H;1-2H. The fraction of sp³-hybridized carbons (Fsp3) is 0. The van der Waals surface area contributed by atoms with Crippen LogP contribution in [0.2, 0.25) is 0 Å². The van der Waals surface area contributed by atoms with E-state index in [9.17, 15) is 10.1 Å². The molecule has 0 fully saturated rings. The van der Waals surface area contributed by atoms with Crippen molar-refractivity contribution < 1.29 is 9.92 Å². The molecule has 1 aromatic heterocycles. The zero-order valence-corrected chi connectivity index (χ0v) is 8.33. The Hall–Kier alpha value is -2.02. The van der Waals surface area contributed by atoms with E-state index in [4.69, 9.17) is 0 Å². The van der Waals surface area contributed by atoms with Gasteiger partial charge in [0.05, 0.1) is 6.20 Å². The molecule has 0 aliphatic heterocycles. The summed E-state index contributed by atoms with van der Waals surface area (Å²) >= 11 is 1.35. The van der Waals surface area contributed by atoms with E-state index >= 15 is 0 Å². The van der Waals surface area contributed by atoms with Crippen LogP contribution < -0.4 is 4.84 Å². The van der Waals surface area contributed by atoms with E-state index < -0.39 is 5.09 Å². The van der Waals surface area contributed by atoms with Crippen LogP contribution in [-0.2, 0) is 0 Å². The first-order valence-electron chi connectivity index (χ1n) is 3.87. The fourth-order valence-electron chi connectivity index (χ4n) is 0.704. The minimum atomic E-state index is -0.838. The van der Waals surface area contributed by atoms with Gasteiger partial charge in [0.2, 0.25) is 0 Å². The molecule has 0 bridgehead atoms. The van der Waals surface area contributed by atoms with Crippen molar-refractivity contribution in [1.29, 1.82) is 0 Å². The van der Waals surface area contributed by atoms with E-state index in [0.717, 1.165) is 0 Å². The number of rotatable bonds is 2. The molecule has 0 atom stereocenters. The van der Waals surface area contributed by atoms with E-state index in [2.05, 4.69) is 14.4 Å². The minimum absolute atomic E-state index is 0.243. The van der Waals surface area contributed by atoms with Gasteiger partial charge in [-0.25, -0.2) is 0 Å². The van der Waals surface area contributed by atoms with E-state index in [1.165, 1.54) is 23.7 Å². The molecule has 0 amide bonds. The maximum atomic E-state index is 9.75. The number of hydrogen-bond acceptors (Lipinski definition) is 6. The summed E-state index contributed by atoms with van der Waals surface area (Å²) in [6.07, 6.45) is 1.66. The van der Waals surface area contributed by atoms with Crippen molar-refractivity contribution in [2.75, 3.05) is 0 Å². The summed E-state index contributed by atoms with van der Waals surface area (Å²) in [6, 6.07) is 8.12. The Bertz CT molecular complexity index is 362. The maximum absolute atomic E-state index is 9.75. The van der Waals surface area contributed by atoms with Crippen molar-refractivity contribution in [2.24, 2.45) is 0 Å². The average Bonchev–Trinajstić information content (AvgIpc) is 2.76. The molecule has 1 heterocycles. The molecular formula is C8H7N3O3S. The molecule has 2 rings (SSSR count). The highest BCUT2D eigenvalue weighted by atomic mass is 32.1. The molecule has 0 N–H and O–H groups in total. The Kier molecular flexibility index (Phi) is 4.74. The molecule has 0 saturated heterocycles. The number of aromatic nitrogens is 2. The lowest BCUT2D eigenvalue weighted by molar-refractivity contribution is -0.711.